The Balaban J connectivity index is 1.77. The van der Waals surface area contributed by atoms with Crippen LogP contribution < -0.4 is 4.74 Å². The van der Waals surface area contributed by atoms with E-state index in [-0.39, 0.29) is 6.61 Å². The Bertz CT molecular complexity index is 634. The number of hydrogen-bond acceptors (Lipinski definition) is 5. The van der Waals surface area contributed by atoms with Gasteiger partial charge in [0.1, 0.15) is 18.5 Å². The summed E-state index contributed by atoms with van der Waals surface area (Å²) in [6, 6.07) is 4.89. The average molecular weight is 383 g/mol. The van der Waals surface area contributed by atoms with Crippen LogP contribution in [-0.2, 0) is 10.0 Å². The Morgan fingerprint density at radius 3 is 2.52 bits per heavy atom. The minimum atomic E-state index is -3.14. The third kappa shape index (κ3) is 5.77. The summed E-state index contributed by atoms with van der Waals surface area (Å²) in [5, 5.41) is 11.0. The van der Waals surface area contributed by atoms with Gasteiger partial charge in [-0.25, -0.2) is 8.42 Å². The summed E-state index contributed by atoms with van der Waals surface area (Å²) in [5.41, 5.74) is 0. The van der Waals surface area contributed by atoms with Crippen molar-refractivity contribution in [3.05, 3.63) is 28.2 Å². The van der Waals surface area contributed by atoms with E-state index in [1.54, 1.807) is 18.2 Å². The van der Waals surface area contributed by atoms with Crippen molar-refractivity contribution in [2.45, 2.75) is 6.10 Å². The zero-order valence-corrected chi connectivity index (χ0v) is 15.1. The maximum atomic E-state index is 11.4. The molecule has 1 aliphatic heterocycles. The molecule has 0 aliphatic carbocycles. The van der Waals surface area contributed by atoms with Crippen molar-refractivity contribution in [1.82, 2.24) is 9.21 Å². The molecular formula is C14H20Cl2N2O4S. The van der Waals surface area contributed by atoms with Crippen molar-refractivity contribution in [1.29, 1.82) is 0 Å². The molecule has 1 aliphatic rings. The minimum absolute atomic E-state index is 0.0896. The molecule has 0 bridgehead atoms. The lowest BCUT2D eigenvalue weighted by atomic mass is 10.3. The van der Waals surface area contributed by atoms with E-state index in [9.17, 15) is 13.5 Å². The third-order valence-electron chi connectivity index (χ3n) is 3.59. The van der Waals surface area contributed by atoms with Gasteiger partial charge in [-0.2, -0.15) is 4.31 Å². The normalized spacial score (nSPS) is 18.8. The number of aliphatic hydroxyl groups excluding tert-OH is 1. The number of hydrogen-bond donors (Lipinski definition) is 1. The lowest BCUT2D eigenvalue weighted by Gasteiger charge is -2.34. The molecule has 0 amide bonds. The Kier molecular flexibility index (Phi) is 6.53. The first kappa shape index (κ1) is 18.8. The van der Waals surface area contributed by atoms with E-state index in [1.807, 2.05) is 4.90 Å². The molecule has 1 aromatic rings. The standard InChI is InChI=1S/C14H20Cl2N2O4S/c1-23(20,21)18-6-4-17(5-7-18)9-12(19)10-22-14-8-11(15)2-3-13(14)16/h2-3,8,12,19H,4-7,9-10H2,1H3. The van der Waals surface area contributed by atoms with Crippen molar-refractivity contribution in [3.8, 4) is 5.75 Å². The number of piperazine rings is 1. The topological polar surface area (TPSA) is 70.1 Å². The van der Waals surface area contributed by atoms with E-state index in [0.717, 1.165) is 0 Å². The van der Waals surface area contributed by atoms with Crippen LogP contribution in [0, 0.1) is 0 Å². The number of β-amino-alcohol motifs (C(OH)–C–C–N with tert-alkyl or cyclic N) is 1. The quantitative estimate of drug-likeness (QED) is 0.802. The van der Waals surface area contributed by atoms with Gasteiger partial charge in [0.2, 0.25) is 10.0 Å². The number of benzene rings is 1. The van der Waals surface area contributed by atoms with E-state index in [1.165, 1.54) is 10.6 Å². The second kappa shape index (κ2) is 8.00. The molecule has 1 unspecified atom stereocenters. The van der Waals surface area contributed by atoms with Crippen LogP contribution in [0.3, 0.4) is 0 Å². The summed E-state index contributed by atoms with van der Waals surface area (Å²) in [4.78, 5) is 2.01. The second-order valence-electron chi connectivity index (χ2n) is 5.50. The molecule has 9 heteroatoms. The van der Waals surface area contributed by atoms with E-state index in [2.05, 4.69) is 0 Å². The summed E-state index contributed by atoms with van der Waals surface area (Å²) < 4.78 is 29.8. The second-order valence-corrected chi connectivity index (χ2v) is 8.33. The van der Waals surface area contributed by atoms with Gasteiger partial charge in [0.25, 0.3) is 0 Å². The lowest BCUT2D eigenvalue weighted by molar-refractivity contribution is 0.0570. The highest BCUT2D eigenvalue weighted by Crippen LogP contribution is 2.27. The van der Waals surface area contributed by atoms with Crippen LogP contribution in [0.25, 0.3) is 0 Å². The van der Waals surface area contributed by atoms with Gasteiger partial charge in [0, 0.05) is 43.8 Å². The summed E-state index contributed by atoms with van der Waals surface area (Å²) >= 11 is 11.9. The van der Waals surface area contributed by atoms with Gasteiger partial charge in [-0.1, -0.05) is 23.2 Å². The van der Waals surface area contributed by atoms with Gasteiger partial charge >= 0.3 is 0 Å². The first-order valence-electron chi connectivity index (χ1n) is 7.19. The molecule has 6 nitrogen and oxygen atoms in total. The van der Waals surface area contributed by atoms with E-state index < -0.39 is 16.1 Å². The molecule has 1 aromatic carbocycles. The Morgan fingerprint density at radius 1 is 1.26 bits per heavy atom. The summed E-state index contributed by atoms with van der Waals surface area (Å²) in [6.07, 6.45) is 0.509. The number of rotatable bonds is 6. The maximum Gasteiger partial charge on any atom is 0.211 e. The lowest BCUT2D eigenvalue weighted by Crippen LogP contribution is -2.50. The minimum Gasteiger partial charge on any atom is -0.489 e. The molecule has 0 radical (unpaired) electrons. The van der Waals surface area contributed by atoms with Crippen molar-refractivity contribution < 1.29 is 18.3 Å². The van der Waals surface area contributed by atoms with E-state index in [0.29, 0.717) is 48.5 Å². The first-order chi connectivity index (χ1) is 10.8. The molecule has 0 aromatic heterocycles. The number of nitrogens with zero attached hydrogens (tertiary/aromatic N) is 2. The zero-order valence-electron chi connectivity index (χ0n) is 12.8. The fraction of sp³-hybridized carbons (Fsp3) is 0.571. The van der Waals surface area contributed by atoms with Gasteiger partial charge in [0.05, 0.1) is 11.3 Å². The molecule has 23 heavy (non-hydrogen) atoms. The van der Waals surface area contributed by atoms with Crippen LogP contribution in [0.5, 0.6) is 5.75 Å². The van der Waals surface area contributed by atoms with Gasteiger partial charge < -0.3 is 9.84 Å². The highest BCUT2D eigenvalue weighted by Gasteiger charge is 2.24. The van der Waals surface area contributed by atoms with Crippen molar-refractivity contribution >= 4 is 33.2 Å². The summed E-state index contributed by atoms with van der Waals surface area (Å²) in [5.74, 6) is 0.431. The van der Waals surface area contributed by atoms with Crippen molar-refractivity contribution in [2.24, 2.45) is 0 Å². The van der Waals surface area contributed by atoms with Crippen LogP contribution in [0.15, 0.2) is 18.2 Å². The Hall–Kier alpha value is -0.570. The molecule has 1 fully saturated rings. The monoisotopic (exact) mass is 382 g/mol. The Labute approximate surface area is 146 Å². The number of ether oxygens (including phenoxy) is 1. The smallest absolute Gasteiger partial charge is 0.211 e. The molecule has 1 atom stereocenters. The number of sulfonamides is 1. The van der Waals surface area contributed by atoms with Crippen LogP contribution in [0.1, 0.15) is 0 Å². The highest BCUT2D eigenvalue weighted by atomic mass is 35.5. The maximum absolute atomic E-state index is 11.4. The fourth-order valence-corrected chi connectivity index (χ4v) is 3.53. The molecule has 1 heterocycles. The Morgan fingerprint density at radius 2 is 1.91 bits per heavy atom. The summed E-state index contributed by atoms with van der Waals surface area (Å²) in [6.45, 7) is 2.55. The largest absolute Gasteiger partial charge is 0.489 e. The van der Waals surface area contributed by atoms with Crippen LogP contribution in [-0.4, -0.2) is 74.4 Å². The molecule has 2 rings (SSSR count). The van der Waals surface area contributed by atoms with Crippen molar-refractivity contribution in [2.75, 3.05) is 45.6 Å². The number of halogens is 2. The third-order valence-corrected chi connectivity index (χ3v) is 5.44. The number of aliphatic hydroxyl groups is 1. The predicted molar refractivity (Wildman–Crippen MR) is 90.8 cm³/mol. The van der Waals surface area contributed by atoms with E-state index >= 15 is 0 Å². The molecule has 1 saturated heterocycles. The highest BCUT2D eigenvalue weighted by molar-refractivity contribution is 7.88. The molecule has 0 spiro atoms. The fourth-order valence-electron chi connectivity index (χ4n) is 2.37. The zero-order chi connectivity index (χ0) is 17.0. The van der Waals surface area contributed by atoms with Crippen LogP contribution in [0.2, 0.25) is 10.0 Å². The van der Waals surface area contributed by atoms with E-state index in [4.69, 9.17) is 27.9 Å². The average Bonchev–Trinajstić information content (AvgIpc) is 2.48. The SMILES string of the molecule is CS(=O)(=O)N1CCN(CC(O)COc2cc(Cl)ccc2Cl)CC1. The van der Waals surface area contributed by atoms with Gasteiger partial charge in [-0.15, -0.1) is 0 Å². The van der Waals surface area contributed by atoms with Gasteiger partial charge in [0.15, 0.2) is 0 Å². The van der Waals surface area contributed by atoms with Gasteiger partial charge in [-0.3, -0.25) is 4.90 Å². The molecule has 1 N–H and O–H groups in total. The first-order valence-corrected chi connectivity index (χ1v) is 9.79. The van der Waals surface area contributed by atoms with Crippen molar-refractivity contribution in [3.63, 3.8) is 0 Å². The molecule has 0 saturated carbocycles. The van der Waals surface area contributed by atoms with Crippen LogP contribution in [0.4, 0.5) is 0 Å². The molecule has 130 valence electrons. The van der Waals surface area contributed by atoms with Gasteiger partial charge in [-0.05, 0) is 12.1 Å². The molecular weight excluding hydrogens is 363 g/mol. The summed E-state index contributed by atoms with van der Waals surface area (Å²) in [7, 11) is -3.14. The predicted octanol–water partition coefficient (Wildman–Crippen LogP) is 1.31. The van der Waals surface area contributed by atoms with Crippen LogP contribution >= 0.6 is 23.2 Å².